The normalized spacial score (nSPS) is 16.9. The number of hydrogen-bond donors (Lipinski definition) is 1. The summed E-state index contributed by atoms with van der Waals surface area (Å²) in [6.45, 7) is 5.13. The van der Waals surface area contributed by atoms with Crippen LogP contribution < -0.4 is 4.90 Å². The van der Waals surface area contributed by atoms with Crippen LogP contribution >= 0.6 is 15.9 Å². The lowest BCUT2D eigenvalue weighted by molar-refractivity contribution is 0.198. The zero-order chi connectivity index (χ0) is 12.4. The summed E-state index contributed by atoms with van der Waals surface area (Å²) in [6, 6.07) is 7.02. The standard InChI is InChI=1S/C14H20BrNO/c1-3-8-16(11-4-5-11)12-6-7-13(10(2)17)14(15)9-12/h6-7,9-11,17H,3-5,8H2,1-2H3. The van der Waals surface area contributed by atoms with Gasteiger partial charge in [-0.1, -0.05) is 28.9 Å². The third-order valence-corrected chi connectivity index (χ3v) is 3.90. The molecule has 2 nitrogen and oxygen atoms in total. The average molecular weight is 298 g/mol. The van der Waals surface area contributed by atoms with Crippen molar-refractivity contribution in [2.24, 2.45) is 0 Å². The minimum absolute atomic E-state index is 0.418. The number of aliphatic hydroxyl groups excluding tert-OH is 1. The Labute approximate surface area is 112 Å². The Bertz CT molecular complexity index is 388. The first-order valence-electron chi connectivity index (χ1n) is 6.37. The first kappa shape index (κ1) is 12.9. The Balaban J connectivity index is 2.22. The minimum Gasteiger partial charge on any atom is -0.389 e. The number of halogens is 1. The van der Waals surface area contributed by atoms with Crippen molar-refractivity contribution in [1.82, 2.24) is 0 Å². The molecular formula is C14H20BrNO. The van der Waals surface area contributed by atoms with Crippen LogP contribution in [0.3, 0.4) is 0 Å². The molecule has 1 aromatic rings. The fourth-order valence-corrected chi connectivity index (χ4v) is 2.88. The molecule has 0 amide bonds. The van der Waals surface area contributed by atoms with Crippen molar-refractivity contribution < 1.29 is 5.11 Å². The van der Waals surface area contributed by atoms with Gasteiger partial charge in [0.05, 0.1) is 6.10 Å². The van der Waals surface area contributed by atoms with Gasteiger partial charge in [-0.05, 0) is 43.9 Å². The average Bonchev–Trinajstić information content (AvgIpc) is 3.09. The van der Waals surface area contributed by atoms with Gasteiger partial charge >= 0.3 is 0 Å². The van der Waals surface area contributed by atoms with Gasteiger partial charge in [0.1, 0.15) is 0 Å². The van der Waals surface area contributed by atoms with Crippen molar-refractivity contribution in [3.63, 3.8) is 0 Å². The van der Waals surface area contributed by atoms with Crippen LogP contribution in [-0.2, 0) is 0 Å². The molecule has 0 spiro atoms. The summed E-state index contributed by atoms with van der Waals surface area (Å²) >= 11 is 3.55. The molecule has 0 radical (unpaired) electrons. The molecule has 1 N–H and O–H groups in total. The molecule has 17 heavy (non-hydrogen) atoms. The van der Waals surface area contributed by atoms with E-state index < -0.39 is 6.10 Å². The largest absolute Gasteiger partial charge is 0.389 e. The Morgan fingerprint density at radius 2 is 2.18 bits per heavy atom. The lowest BCUT2D eigenvalue weighted by atomic mass is 10.1. The highest BCUT2D eigenvalue weighted by Crippen LogP contribution is 2.35. The molecule has 0 aromatic heterocycles. The second kappa shape index (κ2) is 5.40. The van der Waals surface area contributed by atoms with E-state index in [4.69, 9.17) is 0 Å². The summed E-state index contributed by atoms with van der Waals surface area (Å²) in [5, 5.41) is 9.62. The molecule has 0 aliphatic heterocycles. The van der Waals surface area contributed by atoms with E-state index in [-0.39, 0.29) is 0 Å². The quantitative estimate of drug-likeness (QED) is 0.891. The predicted octanol–water partition coefficient (Wildman–Crippen LogP) is 3.88. The second-order valence-electron chi connectivity index (χ2n) is 4.81. The van der Waals surface area contributed by atoms with Crippen LogP contribution in [0.2, 0.25) is 0 Å². The summed E-state index contributed by atoms with van der Waals surface area (Å²) < 4.78 is 1.01. The molecule has 1 aliphatic carbocycles. The fraction of sp³-hybridized carbons (Fsp3) is 0.571. The monoisotopic (exact) mass is 297 g/mol. The lowest BCUT2D eigenvalue weighted by Crippen LogP contribution is -2.26. The molecule has 1 saturated carbocycles. The van der Waals surface area contributed by atoms with E-state index in [2.05, 4.69) is 39.9 Å². The number of rotatable bonds is 5. The Kier molecular flexibility index (Phi) is 4.10. The van der Waals surface area contributed by atoms with Crippen molar-refractivity contribution in [3.05, 3.63) is 28.2 Å². The highest BCUT2D eigenvalue weighted by molar-refractivity contribution is 9.10. The van der Waals surface area contributed by atoms with E-state index >= 15 is 0 Å². The molecule has 0 bridgehead atoms. The maximum atomic E-state index is 9.62. The summed E-state index contributed by atoms with van der Waals surface area (Å²) in [6.07, 6.45) is 3.39. The van der Waals surface area contributed by atoms with Crippen molar-refractivity contribution >= 4 is 21.6 Å². The SMILES string of the molecule is CCCN(c1ccc(C(C)O)c(Br)c1)C1CC1. The molecular weight excluding hydrogens is 278 g/mol. The van der Waals surface area contributed by atoms with Gasteiger partial charge in [0.25, 0.3) is 0 Å². The zero-order valence-corrected chi connectivity index (χ0v) is 12.1. The third-order valence-electron chi connectivity index (χ3n) is 3.22. The smallest absolute Gasteiger partial charge is 0.0772 e. The molecule has 94 valence electrons. The van der Waals surface area contributed by atoms with Crippen molar-refractivity contribution in [1.29, 1.82) is 0 Å². The third kappa shape index (κ3) is 3.02. The summed E-state index contributed by atoms with van der Waals surface area (Å²) in [5.74, 6) is 0. The van der Waals surface area contributed by atoms with Gasteiger partial charge < -0.3 is 10.0 Å². The van der Waals surface area contributed by atoms with Crippen molar-refractivity contribution in [3.8, 4) is 0 Å². The zero-order valence-electron chi connectivity index (χ0n) is 10.5. The van der Waals surface area contributed by atoms with Gasteiger partial charge in [0, 0.05) is 22.7 Å². The maximum Gasteiger partial charge on any atom is 0.0772 e. The molecule has 0 heterocycles. The topological polar surface area (TPSA) is 23.5 Å². The van der Waals surface area contributed by atoms with Gasteiger partial charge in [-0.25, -0.2) is 0 Å². The van der Waals surface area contributed by atoms with E-state index in [0.717, 1.165) is 22.6 Å². The Hall–Kier alpha value is -0.540. The molecule has 1 unspecified atom stereocenters. The number of hydrogen-bond acceptors (Lipinski definition) is 2. The Morgan fingerprint density at radius 1 is 1.47 bits per heavy atom. The van der Waals surface area contributed by atoms with E-state index in [1.54, 1.807) is 6.92 Å². The van der Waals surface area contributed by atoms with Crippen molar-refractivity contribution in [2.45, 2.75) is 45.3 Å². The molecule has 1 aliphatic rings. The van der Waals surface area contributed by atoms with Gasteiger partial charge in [-0.2, -0.15) is 0 Å². The minimum atomic E-state index is -0.418. The van der Waals surface area contributed by atoms with Crippen LogP contribution in [0.15, 0.2) is 22.7 Å². The molecule has 3 heteroatoms. The Morgan fingerprint density at radius 3 is 2.65 bits per heavy atom. The lowest BCUT2D eigenvalue weighted by Gasteiger charge is -2.25. The number of benzene rings is 1. The number of anilines is 1. The molecule has 2 rings (SSSR count). The molecule has 1 atom stereocenters. The van der Waals surface area contributed by atoms with E-state index in [1.807, 2.05) is 6.07 Å². The molecule has 1 aromatic carbocycles. The van der Waals surface area contributed by atoms with Crippen molar-refractivity contribution in [2.75, 3.05) is 11.4 Å². The van der Waals surface area contributed by atoms with Crippen LogP contribution in [0.1, 0.15) is 44.8 Å². The van der Waals surface area contributed by atoms with Crippen LogP contribution in [0, 0.1) is 0 Å². The highest BCUT2D eigenvalue weighted by atomic mass is 79.9. The van der Waals surface area contributed by atoms with Gasteiger partial charge in [-0.15, -0.1) is 0 Å². The van der Waals surface area contributed by atoms with Gasteiger partial charge in [0.2, 0.25) is 0 Å². The summed E-state index contributed by atoms with van der Waals surface area (Å²) in [5.41, 5.74) is 2.23. The maximum absolute atomic E-state index is 9.62. The van der Waals surface area contributed by atoms with E-state index in [0.29, 0.717) is 0 Å². The van der Waals surface area contributed by atoms with E-state index in [9.17, 15) is 5.11 Å². The fourth-order valence-electron chi connectivity index (χ4n) is 2.18. The van der Waals surface area contributed by atoms with Crippen LogP contribution in [-0.4, -0.2) is 17.7 Å². The number of aliphatic hydroxyl groups is 1. The number of nitrogens with zero attached hydrogens (tertiary/aromatic N) is 1. The first-order valence-corrected chi connectivity index (χ1v) is 7.17. The molecule has 0 saturated heterocycles. The second-order valence-corrected chi connectivity index (χ2v) is 5.66. The predicted molar refractivity (Wildman–Crippen MR) is 75.4 cm³/mol. The van der Waals surface area contributed by atoms with E-state index in [1.165, 1.54) is 24.9 Å². The summed E-state index contributed by atoms with van der Waals surface area (Å²) in [4.78, 5) is 2.48. The van der Waals surface area contributed by atoms with Crippen LogP contribution in [0.5, 0.6) is 0 Å². The van der Waals surface area contributed by atoms with Gasteiger partial charge in [-0.3, -0.25) is 0 Å². The molecule has 1 fully saturated rings. The van der Waals surface area contributed by atoms with Crippen LogP contribution in [0.25, 0.3) is 0 Å². The van der Waals surface area contributed by atoms with Gasteiger partial charge in [0.15, 0.2) is 0 Å². The highest BCUT2D eigenvalue weighted by Gasteiger charge is 2.28. The summed E-state index contributed by atoms with van der Waals surface area (Å²) in [7, 11) is 0. The first-order chi connectivity index (χ1) is 8.13. The van der Waals surface area contributed by atoms with Crippen LogP contribution in [0.4, 0.5) is 5.69 Å².